The third-order valence-corrected chi connectivity index (χ3v) is 4.73. The van der Waals surface area contributed by atoms with E-state index in [2.05, 4.69) is 15.5 Å². The summed E-state index contributed by atoms with van der Waals surface area (Å²) in [5, 5.41) is 11.3. The number of aromatic amines is 1. The van der Waals surface area contributed by atoms with Crippen LogP contribution in [-0.2, 0) is 14.8 Å². The van der Waals surface area contributed by atoms with Gasteiger partial charge < -0.3 is 5.32 Å². The molecule has 0 atom stereocenters. The molecule has 0 aliphatic rings. The van der Waals surface area contributed by atoms with Crippen LogP contribution in [0.3, 0.4) is 0 Å². The molecule has 0 unspecified atom stereocenters. The average Bonchev–Trinajstić information content (AvgIpc) is 2.96. The van der Waals surface area contributed by atoms with Crippen molar-refractivity contribution in [2.45, 2.75) is 0 Å². The molecule has 0 aliphatic carbocycles. The maximum Gasteiger partial charge on any atom is 0.240 e. The molecule has 2 N–H and O–H groups in total. The Hall–Kier alpha value is -1.71. The molecule has 108 valence electrons. The summed E-state index contributed by atoms with van der Waals surface area (Å²) in [6, 6.07) is 5.55. The van der Waals surface area contributed by atoms with Crippen molar-refractivity contribution in [3.63, 3.8) is 0 Å². The van der Waals surface area contributed by atoms with Crippen molar-refractivity contribution in [3.8, 4) is 10.6 Å². The standard InChI is InChI=1S/C11H14N4O3S2/c1-15(20(2,17)18)7-11(16)12-10-6-8(13-14-10)9-4-3-5-19-9/h3-6H,7H2,1-2H3,(H2,12,13,14,16). The Bertz CT molecular complexity index is 691. The molecule has 0 radical (unpaired) electrons. The van der Waals surface area contributed by atoms with Crippen LogP contribution in [-0.4, -0.2) is 48.7 Å². The van der Waals surface area contributed by atoms with Gasteiger partial charge in [0.05, 0.1) is 23.4 Å². The first-order valence-corrected chi connectivity index (χ1v) is 8.39. The van der Waals surface area contributed by atoms with E-state index in [0.717, 1.165) is 21.1 Å². The van der Waals surface area contributed by atoms with Gasteiger partial charge in [0, 0.05) is 13.1 Å². The summed E-state index contributed by atoms with van der Waals surface area (Å²) in [5.74, 6) is -0.0811. The van der Waals surface area contributed by atoms with Crippen molar-refractivity contribution in [2.24, 2.45) is 0 Å². The molecule has 0 spiro atoms. The minimum atomic E-state index is -3.37. The number of carbonyl (C=O) groups excluding carboxylic acids is 1. The topological polar surface area (TPSA) is 95.2 Å². The Labute approximate surface area is 120 Å². The Kier molecular flexibility index (Phi) is 4.21. The van der Waals surface area contributed by atoms with Gasteiger partial charge in [0.15, 0.2) is 5.82 Å². The summed E-state index contributed by atoms with van der Waals surface area (Å²) in [6.45, 7) is -0.250. The zero-order valence-electron chi connectivity index (χ0n) is 11.0. The van der Waals surface area contributed by atoms with Crippen LogP contribution < -0.4 is 5.32 Å². The molecule has 0 saturated carbocycles. The van der Waals surface area contributed by atoms with Gasteiger partial charge in [-0.25, -0.2) is 8.42 Å². The van der Waals surface area contributed by atoms with Gasteiger partial charge in [-0.2, -0.15) is 9.40 Å². The Morgan fingerprint density at radius 3 is 2.90 bits per heavy atom. The maximum absolute atomic E-state index is 11.7. The minimum absolute atomic E-state index is 0.250. The highest BCUT2D eigenvalue weighted by Crippen LogP contribution is 2.24. The number of rotatable bonds is 5. The van der Waals surface area contributed by atoms with E-state index in [-0.39, 0.29) is 6.54 Å². The van der Waals surface area contributed by atoms with E-state index in [4.69, 9.17) is 0 Å². The molecule has 0 bridgehead atoms. The molecule has 0 fully saturated rings. The van der Waals surface area contributed by atoms with Gasteiger partial charge >= 0.3 is 0 Å². The van der Waals surface area contributed by atoms with E-state index in [9.17, 15) is 13.2 Å². The zero-order chi connectivity index (χ0) is 14.8. The van der Waals surface area contributed by atoms with Crippen molar-refractivity contribution in [1.29, 1.82) is 0 Å². The molecule has 0 saturated heterocycles. The number of aromatic nitrogens is 2. The molecule has 2 rings (SSSR count). The molecule has 2 aromatic heterocycles. The van der Waals surface area contributed by atoms with Crippen LogP contribution in [0.2, 0.25) is 0 Å². The van der Waals surface area contributed by atoms with Crippen LogP contribution in [0.25, 0.3) is 10.6 Å². The fourth-order valence-corrected chi connectivity index (χ4v) is 2.49. The smallest absolute Gasteiger partial charge is 0.240 e. The SMILES string of the molecule is CN(CC(=O)Nc1cc(-c2cccs2)[nH]n1)S(C)(=O)=O. The highest BCUT2D eigenvalue weighted by molar-refractivity contribution is 7.88. The van der Waals surface area contributed by atoms with Gasteiger partial charge in [-0.1, -0.05) is 6.07 Å². The van der Waals surface area contributed by atoms with Gasteiger partial charge in [-0.15, -0.1) is 11.3 Å². The van der Waals surface area contributed by atoms with E-state index >= 15 is 0 Å². The van der Waals surface area contributed by atoms with Crippen LogP contribution in [0.5, 0.6) is 0 Å². The van der Waals surface area contributed by atoms with Crippen molar-refractivity contribution in [1.82, 2.24) is 14.5 Å². The fraction of sp³-hybridized carbons (Fsp3) is 0.273. The van der Waals surface area contributed by atoms with Gasteiger partial charge in [0.25, 0.3) is 0 Å². The Balaban J connectivity index is 1.99. The minimum Gasteiger partial charge on any atom is -0.308 e. The molecular formula is C11H14N4O3S2. The lowest BCUT2D eigenvalue weighted by molar-refractivity contribution is -0.116. The average molecular weight is 314 g/mol. The number of likely N-dealkylation sites (N-methyl/N-ethyl adjacent to an activating group) is 1. The van der Waals surface area contributed by atoms with Gasteiger partial charge in [-0.05, 0) is 11.4 Å². The molecule has 2 aromatic rings. The van der Waals surface area contributed by atoms with E-state index in [1.807, 2.05) is 17.5 Å². The second kappa shape index (κ2) is 5.73. The first kappa shape index (κ1) is 14.7. The second-order valence-electron chi connectivity index (χ2n) is 4.21. The number of nitrogens with zero attached hydrogens (tertiary/aromatic N) is 2. The molecule has 0 aromatic carbocycles. The first-order valence-electron chi connectivity index (χ1n) is 5.67. The predicted molar refractivity (Wildman–Crippen MR) is 78.0 cm³/mol. The number of hydrogen-bond acceptors (Lipinski definition) is 5. The largest absolute Gasteiger partial charge is 0.308 e. The lowest BCUT2D eigenvalue weighted by Crippen LogP contribution is -2.34. The molecular weight excluding hydrogens is 300 g/mol. The number of hydrogen-bond donors (Lipinski definition) is 2. The fourth-order valence-electron chi connectivity index (χ4n) is 1.45. The molecule has 20 heavy (non-hydrogen) atoms. The van der Waals surface area contributed by atoms with Crippen LogP contribution in [0.4, 0.5) is 5.82 Å². The molecule has 7 nitrogen and oxygen atoms in total. The molecule has 0 aliphatic heterocycles. The van der Waals surface area contributed by atoms with E-state index in [0.29, 0.717) is 5.82 Å². The van der Waals surface area contributed by atoms with Crippen molar-refractivity contribution < 1.29 is 13.2 Å². The molecule has 9 heteroatoms. The van der Waals surface area contributed by atoms with Crippen LogP contribution in [0.1, 0.15) is 0 Å². The Morgan fingerprint density at radius 2 is 2.30 bits per heavy atom. The second-order valence-corrected chi connectivity index (χ2v) is 7.25. The van der Waals surface area contributed by atoms with Gasteiger partial charge in [-0.3, -0.25) is 9.89 Å². The summed E-state index contributed by atoms with van der Waals surface area (Å²) in [5.41, 5.74) is 0.798. The lowest BCUT2D eigenvalue weighted by Gasteiger charge is -2.12. The van der Waals surface area contributed by atoms with Crippen LogP contribution in [0, 0.1) is 0 Å². The normalized spacial score (nSPS) is 11.8. The van der Waals surface area contributed by atoms with Gasteiger partial charge in [0.2, 0.25) is 15.9 Å². The number of thiophene rings is 1. The quantitative estimate of drug-likeness (QED) is 0.859. The van der Waals surface area contributed by atoms with Crippen molar-refractivity contribution in [2.75, 3.05) is 25.2 Å². The van der Waals surface area contributed by atoms with Gasteiger partial charge in [0.1, 0.15) is 0 Å². The summed E-state index contributed by atoms with van der Waals surface area (Å²) < 4.78 is 23.4. The van der Waals surface area contributed by atoms with Crippen molar-refractivity contribution in [3.05, 3.63) is 23.6 Å². The maximum atomic E-state index is 11.7. The number of amides is 1. The highest BCUT2D eigenvalue weighted by atomic mass is 32.2. The zero-order valence-corrected chi connectivity index (χ0v) is 12.6. The van der Waals surface area contributed by atoms with Crippen LogP contribution >= 0.6 is 11.3 Å². The predicted octanol–water partition coefficient (Wildman–Crippen LogP) is 0.968. The lowest BCUT2D eigenvalue weighted by atomic mass is 10.3. The van der Waals surface area contributed by atoms with E-state index in [1.165, 1.54) is 7.05 Å². The number of anilines is 1. The van der Waals surface area contributed by atoms with Crippen LogP contribution in [0.15, 0.2) is 23.6 Å². The van der Waals surface area contributed by atoms with E-state index < -0.39 is 15.9 Å². The highest BCUT2D eigenvalue weighted by Gasteiger charge is 2.16. The first-order chi connectivity index (χ1) is 9.36. The van der Waals surface area contributed by atoms with Crippen molar-refractivity contribution >= 4 is 33.1 Å². The molecule has 1 amide bonds. The summed E-state index contributed by atoms with van der Waals surface area (Å²) in [7, 11) is -2.03. The summed E-state index contributed by atoms with van der Waals surface area (Å²) in [6.07, 6.45) is 1.05. The summed E-state index contributed by atoms with van der Waals surface area (Å²) >= 11 is 1.55. The summed E-state index contributed by atoms with van der Waals surface area (Å²) in [4.78, 5) is 12.7. The number of H-pyrrole nitrogens is 1. The Morgan fingerprint density at radius 1 is 1.55 bits per heavy atom. The number of sulfonamides is 1. The van der Waals surface area contributed by atoms with E-state index in [1.54, 1.807) is 17.4 Å². The third-order valence-electron chi connectivity index (χ3n) is 2.56. The molecule has 2 heterocycles. The third kappa shape index (κ3) is 3.65. The monoisotopic (exact) mass is 314 g/mol. The number of nitrogens with one attached hydrogen (secondary N) is 2. The number of carbonyl (C=O) groups is 1.